The van der Waals surface area contributed by atoms with Gasteiger partial charge >= 0.3 is 5.97 Å². The number of benzene rings is 3. The van der Waals surface area contributed by atoms with Crippen LogP contribution in [0.15, 0.2) is 84.9 Å². The average Bonchev–Trinajstić information content (AvgIpc) is 2.85. The van der Waals surface area contributed by atoms with Crippen molar-refractivity contribution in [3.63, 3.8) is 0 Å². The van der Waals surface area contributed by atoms with Crippen LogP contribution in [0.1, 0.15) is 5.56 Å². The van der Waals surface area contributed by atoms with Crippen LogP contribution in [0.5, 0.6) is 11.5 Å². The second-order valence-corrected chi connectivity index (χ2v) is 6.67. The number of ether oxygens (including phenoxy) is 3. The SMILES string of the molecule is N#CCN(C(=O)COC(=O)COc1ccc(OCc2ccccc2)cc1)c1ccccc1. The van der Waals surface area contributed by atoms with Crippen LogP contribution < -0.4 is 14.4 Å². The van der Waals surface area contributed by atoms with Gasteiger partial charge in [-0.25, -0.2) is 4.79 Å². The van der Waals surface area contributed by atoms with Crippen LogP contribution in [-0.2, 0) is 20.9 Å². The average molecular weight is 430 g/mol. The lowest BCUT2D eigenvalue weighted by Gasteiger charge is -2.19. The molecule has 0 aliphatic carbocycles. The monoisotopic (exact) mass is 430 g/mol. The van der Waals surface area contributed by atoms with Gasteiger partial charge in [0.1, 0.15) is 24.7 Å². The summed E-state index contributed by atoms with van der Waals surface area (Å²) in [7, 11) is 0. The first kappa shape index (κ1) is 22.4. The van der Waals surface area contributed by atoms with E-state index in [4.69, 9.17) is 19.5 Å². The normalized spacial score (nSPS) is 9.97. The summed E-state index contributed by atoms with van der Waals surface area (Å²) in [5.41, 5.74) is 1.62. The van der Waals surface area contributed by atoms with Crippen molar-refractivity contribution in [2.45, 2.75) is 6.61 Å². The second kappa shape index (κ2) is 11.8. The number of carbonyl (C=O) groups excluding carboxylic acids is 2. The maximum absolute atomic E-state index is 12.4. The number of para-hydroxylation sites is 1. The van der Waals surface area contributed by atoms with Crippen LogP contribution >= 0.6 is 0 Å². The van der Waals surface area contributed by atoms with Crippen LogP contribution in [0.3, 0.4) is 0 Å². The third-order valence-electron chi connectivity index (χ3n) is 4.38. The molecule has 1 amide bonds. The Morgan fingerprint density at radius 3 is 2.00 bits per heavy atom. The molecule has 0 spiro atoms. The number of esters is 1. The fourth-order valence-electron chi connectivity index (χ4n) is 2.78. The molecule has 3 rings (SSSR count). The molecule has 0 bridgehead atoms. The van der Waals surface area contributed by atoms with E-state index in [9.17, 15) is 9.59 Å². The zero-order chi connectivity index (χ0) is 22.6. The van der Waals surface area contributed by atoms with E-state index in [1.165, 1.54) is 4.90 Å². The summed E-state index contributed by atoms with van der Waals surface area (Å²) in [5.74, 6) is -0.0395. The number of carbonyl (C=O) groups is 2. The predicted octanol–water partition coefficient (Wildman–Crippen LogP) is 3.74. The topological polar surface area (TPSA) is 88.9 Å². The lowest BCUT2D eigenvalue weighted by molar-refractivity contribution is -0.149. The smallest absolute Gasteiger partial charge is 0.344 e. The van der Waals surface area contributed by atoms with E-state index in [0.29, 0.717) is 23.8 Å². The Balaban J connectivity index is 1.42. The number of hydrogen-bond donors (Lipinski definition) is 0. The summed E-state index contributed by atoms with van der Waals surface area (Å²) >= 11 is 0. The first-order valence-electron chi connectivity index (χ1n) is 9.93. The molecule has 0 saturated heterocycles. The molecule has 162 valence electrons. The zero-order valence-electron chi connectivity index (χ0n) is 17.3. The third kappa shape index (κ3) is 6.89. The Morgan fingerprint density at radius 1 is 0.781 bits per heavy atom. The fourth-order valence-corrected chi connectivity index (χ4v) is 2.78. The Labute approximate surface area is 186 Å². The quantitative estimate of drug-likeness (QED) is 0.360. The van der Waals surface area contributed by atoms with E-state index in [0.717, 1.165) is 5.56 Å². The highest BCUT2D eigenvalue weighted by Gasteiger charge is 2.17. The van der Waals surface area contributed by atoms with Gasteiger partial charge in [-0.15, -0.1) is 0 Å². The fraction of sp³-hybridized carbons (Fsp3) is 0.160. The highest BCUT2D eigenvalue weighted by molar-refractivity contribution is 5.95. The molecule has 0 unspecified atom stereocenters. The van der Waals surface area contributed by atoms with Crippen molar-refractivity contribution in [3.8, 4) is 17.6 Å². The summed E-state index contributed by atoms with van der Waals surface area (Å²) in [6, 6.07) is 27.3. The summed E-state index contributed by atoms with van der Waals surface area (Å²) < 4.78 is 16.1. The first-order chi connectivity index (χ1) is 15.7. The minimum Gasteiger partial charge on any atom is -0.489 e. The number of hydrogen-bond acceptors (Lipinski definition) is 6. The molecule has 3 aromatic carbocycles. The molecule has 0 fully saturated rings. The standard InChI is InChI=1S/C25H22N2O5/c26-15-16-27(21-9-5-2-6-10-21)24(28)18-32-25(29)19-31-23-13-11-22(12-14-23)30-17-20-7-3-1-4-8-20/h1-14H,16-19H2. The summed E-state index contributed by atoms with van der Waals surface area (Å²) in [5, 5.41) is 8.97. The molecule has 32 heavy (non-hydrogen) atoms. The summed E-state index contributed by atoms with van der Waals surface area (Å²) in [4.78, 5) is 25.6. The summed E-state index contributed by atoms with van der Waals surface area (Å²) in [6.45, 7) is -0.519. The Morgan fingerprint density at radius 2 is 1.38 bits per heavy atom. The van der Waals surface area contributed by atoms with E-state index >= 15 is 0 Å². The van der Waals surface area contributed by atoms with E-state index in [-0.39, 0.29) is 13.2 Å². The Hall–Kier alpha value is -4.31. The van der Waals surface area contributed by atoms with Crippen LogP contribution in [0.25, 0.3) is 0 Å². The van der Waals surface area contributed by atoms with Gasteiger partial charge in [0.25, 0.3) is 5.91 Å². The van der Waals surface area contributed by atoms with Gasteiger partial charge in [0.15, 0.2) is 13.2 Å². The van der Waals surface area contributed by atoms with Crippen molar-refractivity contribution in [2.75, 3.05) is 24.7 Å². The van der Waals surface area contributed by atoms with Gasteiger partial charge in [0.2, 0.25) is 0 Å². The second-order valence-electron chi connectivity index (χ2n) is 6.67. The van der Waals surface area contributed by atoms with Crippen LogP contribution in [0, 0.1) is 11.3 Å². The van der Waals surface area contributed by atoms with Crippen molar-refractivity contribution in [1.82, 2.24) is 0 Å². The predicted molar refractivity (Wildman–Crippen MR) is 118 cm³/mol. The molecule has 7 nitrogen and oxygen atoms in total. The number of rotatable bonds is 10. The Kier molecular flexibility index (Phi) is 8.23. The molecule has 0 aliphatic heterocycles. The molecule has 3 aromatic rings. The molecule has 0 atom stereocenters. The lowest BCUT2D eigenvalue weighted by Crippen LogP contribution is -2.35. The minimum atomic E-state index is -0.687. The molecule has 0 saturated carbocycles. The van der Waals surface area contributed by atoms with Gasteiger partial charge in [-0.05, 0) is 42.0 Å². The number of nitriles is 1. The van der Waals surface area contributed by atoms with Crippen molar-refractivity contribution < 1.29 is 23.8 Å². The number of anilines is 1. The van der Waals surface area contributed by atoms with Gasteiger partial charge in [-0.1, -0.05) is 48.5 Å². The minimum absolute atomic E-state index is 0.143. The molecule has 0 N–H and O–H groups in total. The van der Waals surface area contributed by atoms with Gasteiger partial charge in [0.05, 0.1) is 6.07 Å². The lowest BCUT2D eigenvalue weighted by atomic mass is 10.2. The molecule has 0 aromatic heterocycles. The Bertz CT molecular complexity index is 1050. The van der Waals surface area contributed by atoms with Gasteiger partial charge in [0, 0.05) is 5.69 Å². The van der Waals surface area contributed by atoms with Crippen LogP contribution in [0.2, 0.25) is 0 Å². The van der Waals surface area contributed by atoms with Crippen molar-refractivity contribution in [1.29, 1.82) is 5.26 Å². The first-order valence-corrected chi connectivity index (χ1v) is 9.93. The number of amides is 1. The van der Waals surface area contributed by atoms with Crippen molar-refractivity contribution in [3.05, 3.63) is 90.5 Å². The summed E-state index contributed by atoms with van der Waals surface area (Å²) in [6.07, 6.45) is 0. The van der Waals surface area contributed by atoms with E-state index in [1.54, 1.807) is 54.6 Å². The van der Waals surface area contributed by atoms with Gasteiger partial charge in [-0.2, -0.15) is 5.26 Å². The van der Waals surface area contributed by atoms with Gasteiger partial charge < -0.3 is 14.2 Å². The molecule has 0 radical (unpaired) electrons. The van der Waals surface area contributed by atoms with E-state index in [1.807, 2.05) is 36.4 Å². The van der Waals surface area contributed by atoms with Gasteiger partial charge in [-0.3, -0.25) is 9.69 Å². The van der Waals surface area contributed by atoms with Crippen molar-refractivity contribution >= 4 is 17.6 Å². The highest BCUT2D eigenvalue weighted by atomic mass is 16.6. The molecule has 7 heteroatoms. The van der Waals surface area contributed by atoms with E-state index in [2.05, 4.69) is 0 Å². The van der Waals surface area contributed by atoms with Crippen molar-refractivity contribution in [2.24, 2.45) is 0 Å². The largest absolute Gasteiger partial charge is 0.489 e. The maximum atomic E-state index is 12.4. The molecule has 0 heterocycles. The van der Waals surface area contributed by atoms with Crippen LogP contribution in [-0.4, -0.2) is 31.6 Å². The van der Waals surface area contributed by atoms with E-state index < -0.39 is 18.5 Å². The zero-order valence-corrected chi connectivity index (χ0v) is 17.3. The molecular weight excluding hydrogens is 408 g/mol. The van der Waals surface area contributed by atoms with Crippen LogP contribution in [0.4, 0.5) is 5.69 Å². The highest BCUT2D eigenvalue weighted by Crippen LogP contribution is 2.19. The number of nitrogens with zero attached hydrogens (tertiary/aromatic N) is 2. The third-order valence-corrected chi connectivity index (χ3v) is 4.38. The molecular formula is C25H22N2O5. The maximum Gasteiger partial charge on any atom is 0.344 e. The molecule has 0 aliphatic rings.